The summed E-state index contributed by atoms with van der Waals surface area (Å²) in [5, 5.41) is 9.65. The summed E-state index contributed by atoms with van der Waals surface area (Å²) in [6.45, 7) is 1.25. The van der Waals surface area contributed by atoms with E-state index in [1.807, 2.05) is 0 Å². The van der Waals surface area contributed by atoms with Crippen molar-refractivity contribution in [2.45, 2.75) is 12.5 Å². The van der Waals surface area contributed by atoms with Gasteiger partial charge in [-0.15, -0.1) is 0 Å². The van der Waals surface area contributed by atoms with Crippen LogP contribution in [0.1, 0.15) is 12.5 Å². The number of aliphatic hydroxyl groups is 1. The Morgan fingerprint density at radius 2 is 2.23 bits per heavy atom. The van der Waals surface area contributed by atoms with Crippen LogP contribution < -0.4 is 0 Å². The lowest BCUT2D eigenvalue weighted by Gasteiger charge is -2.17. The van der Waals surface area contributed by atoms with Gasteiger partial charge in [-0.1, -0.05) is 11.6 Å². The zero-order valence-electron chi connectivity index (χ0n) is 6.92. The van der Waals surface area contributed by atoms with Crippen molar-refractivity contribution < 1.29 is 14.3 Å². The summed E-state index contributed by atoms with van der Waals surface area (Å²) in [4.78, 5) is 10.5. The highest BCUT2D eigenvalue weighted by atomic mass is 35.5. The molecular formula is C9H8ClFO2. The molecule has 0 saturated carbocycles. The molecule has 70 valence electrons. The first-order valence-electron chi connectivity index (χ1n) is 3.61. The van der Waals surface area contributed by atoms with Gasteiger partial charge in [0.05, 0.1) is 0 Å². The van der Waals surface area contributed by atoms with Gasteiger partial charge in [-0.2, -0.15) is 0 Å². The van der Waals surface area contributed by atoms with Gasteiger partial charge < -0.3 is 5.11 Å². The molecule has 1 aromatic carbocycles. The molecule has 0 radical (unpaired) electrons. The Balaban J connectivity index is 3.28. The molecule has 0 heterocycles. The van der Waals surface area contributed by atoms with Crippen LogP contribution in [-0.2, 0) is 10.4 Å². The molecule has 0 aliphatic heterocycles. The summed E-state index contributed by atoms with van der Waals surface area (Å²) < 4.78 is 12.7. The van der Waals surface area contributed by atoms with Crippen LogP contribution in [0.4, 0.5) is 4.39 Å². The summed E-state index contributed by atoms with van der Waals surface area (Å²) in [6.07, 6.45) is 0.313. The molecule has 0 aromatic heterocycles. The van der Waals surface area contributed by atoms with Crippen molar-refractivity contribution in [2.75, 3.05) is 0 Å². The number of hydrogen-bond acceptors (Lipinski definition) is 2. The first kappa shape index (κ1) is 10.2. The molecule has 0 saturated heterocycles. The van der Waals surface area contributed by atoms with Gasteiger partial charge in [0.25, 0.3) is 0 Å². The molecule has 0 bridgehead atoms. The number of carbonyl (C=O) groups excluding carboxylic acids is 1. The minimum Gasteiger partial charge on any atom is -0.378 e. The van der Waals surface area contributed by atoms with Crippen LogP contribution in [0.2, 0.25) is 5.02 Å². The summed E-state index contributed by atoms with van der Waals surface area (Å²) in [5.74, 6) is -0.540. The maximum Gasteiger partial charge on any atom is 0.155 e. The van der Waals surface area contributed by atoms with Crippen molar-refractivity contribution in [3.05, 3.63) is 34.6 Å². The number of hydrogen-bond donors (Lipinski definition) is 1. The Morgan fingerprint density at radius 1 is 1.62 bits per heavy atom. The van der Waals surface area contributed by atoms with E-state index in [1.165, 1.54) is 13.0 Å². The van der Waals surface area contributed by atoms with Crippen molar-refractivity contribution >= 4 is 17.9 Å². The molecule has 1 unspecified atom stereocenters. The van der Waals surface area contributed by atoms with E-state index in [2.05, 4.69) is 0 Å². The summed E-state index contributed by atoms with van der Waals surface area (Å²) in [6, 6.07) is 3.49. The number of benzene rings is 1. The SMILES string of the molecule is CC(O)(C=O)c1cc(F)ccc1Cl. The second-order valence-electron chi connectivity index (χ2n) is 2.89. The molecular weight excluding hydrogens is 195 g/mol. The van der Waals surface area contributed by atoms with Crippen molar-refractivity contribution in [1.82, 2.24) is 0 Å². The summed E-state index contributed by atoms with van der Waals surface area (Å²) in [5.41, 5.74) is -1.66. The number of rotatable bonds is 2. The van der Waals surface area contributed by atoms with Crippen LogP contribution in [0.25, 0.3) is 0 Å². The van der Waals surface area contributed by atoms with Gasteiger partial charge >= 0.3 is 0 Å². The molecule has 0 aliphatic rings. The molecule has 13 heavy (non-hydrogen) atoms. The monoisotopic (exact) mass is 202 g/mol. The van der Waals surface area contributed by atoms with Crippen molar-refractivity contribution in [3.63, 3.8) is 0 Å². The smallest absolute Gasteiger partial charge is 0.155 e. The van der Waals surface area contributed by atoms with Crippen molar-refractivity contribution in [1.29, 1.82) is 0 Å². The molecule has 4 heteroatoms. The zero-order valence-corrected chi connectivity index (χ0v) is 7.68. The van der Waals surface area contributed by atoms with Gasteiger partial charge in [-0.25, -0.2) is 4.39 Å². The maximum absolute atomic E-state index is 12.7. The predicted molar refractivity (Wildman–Crippen MR) is 47.0 cm³/mol. The highest BCUT2D eigenvalue weighted by molar-refractivity contribution is 6.31. The molecule has 2 nitrogen and oxygen atoms in total. The lowest BCUT2D eigenvalue weighted by Crippen LogP contribution is -2.23. The molecule has 0 aliphatic carbocycles. The largest absolute Gasteiger partial charge is 0.378 e. The summed E-state index contributed by atoms with van der Waals surface area (Å²) >= 11 is 5.67. The van der Waals surface area contributed by atoms with Gasteiger partial charge in [-0.3, -0.25) is 4.79 Å². The van der Waals surface area contributed by atoms with Crippen molar-refractivity contribution in [3.8, 4) is 0 Å². The number of aldehydes is 1. The molecule has 0 amide bonds. The Kier molecular flexibility index (Phi) is 2.68. The van der Waals surface area contributed by atoms with E-state index in [4.69, 9.17) is 11.6 Å². The van der Waals surface area contributed by atoms with Crippen LogP contribution in [0.5, 0.6) is 0 Å². The lowest BCUT2D eigenvalue weighted by atomic mass is 9.98. The first-order chi connectivity index (χ1) is 5.97. The van der Waals surface area contributed by atoms with Gasteiger partial charge in [0.2, 0.25) is 0 Å². The van der Waals surface area contributed by atoms with Gasteiger partial charge in [0.15, 0.2) is 6.29 Å². The van der Waals surface area contributed by atoms with Gasteiger partial charge in [0, 0.05) is 10.6 Å². The van der Waals surface area contributed by atoms with E-state index in [-0.39, 0.29) is 10.6 Å². The third-order valence-corrected chi connectivity index (χ3v) is 2.03. The Labute approximate surface area is 80.0 Å². The Bertz CT molecular complexity index is 336. The molecule has 1 rings (SSSR count). The highest BCUT2D eigenvalue weighted by Gasteiger charge is 2.25. The van der Waals surface area contributed by atoms with E-state index in [9.17, 15) is 14.3 Å². The second-order valence-corrected chi connectivity index (χ2v) is 3.30. The van der Waals surface area contributed by atoms with Gasteiger partial charge in [0.1, 0.15) is 11.4 Å². The Hall–Kier alpha value is -0.930. The molecule has 1 atom stereocenters. The van der Waals surface area contributed by atoms with Crippen LogP contribution in [0.15, 0.2) is 18.2 Å². The molecule has 1 N–H and O–H groups in total. The molecule has 0 spiro atoms. The fourth-order valence-corrected chi connectivity index (χ4v) is 1.26. The van der Waals surface area contributed by atoms with E-state index < -0.39 is 11.4 Å². The predicted octanol–water partition coefficient (Wildman–Crippen LogP) is 1.89. The highest BCUT2D eigenvalue weighted by Crippen LogP contribution is 2.26. The molecule has 0 fully saturated rings. The molecule has 1 aromatic rings. The number of halogens is 2. The minimum absolute atomic E-state index is 0.0733. The summed E-state index contributed by atoms with van der Waals surface area (Å²) in [7, 11) is 0. The van der Waals surface area contributed by atoms with Crippen molar-refractivity contribution in [2.24, 2.45) is 0 Å². The average Bonchev–Trinajstić information content (AvgIpc) is 2.09. The topological polar surface area (TPSA) is 37.3 Å². The van der Waals surface area contributed by atoms with Gasteiger partial charge in [-0.05, 0) is 25.1 Å². The van der Waals surface area contributed by atoms with E-state index >= 15 is 0 Å². The van der Waals surface area contributed by atoms with E-state index in [0.29, 0.717) is 6.29 Å². The quantitative estimate of drug-likeness (QED) is 0.744. The maximum atomic E-state index is 12.7. The first-order valence-corrected chi connectivity index (χ1v) is 3.99. The van der Waals surface area contributed by atoms with E-state index in [0.717, 1.165) is 12.1 Å². The third-order valence-electron chi connectivity index (χ3n) is 1.70. The fraction of sp³-hybridized carbons (Fsp3) is 0.222. The normalized spacial score (nSPS) is 15.1. The van der Waals surface area contributed by atoms with Crippen LogP contribution in [0, 0.1) is 5.82 Å². The minimum atomic E-state index is -1.74. The average molecular weight is 203 g/mol. The van der Waals surface area contributed by atoms with Crippen LogP contribution in [-0.4, -0.2) is 11.4 Å². The van der Waals surface area contributed by atoms with Crippen LogP contribution >= 0.6 is 11.6 Å². The lowest BCUT2D eigenvalue weighted by molar-refractivity contribution is -0.123. The van der Waals surface area contributed by atoms with E-state index in [1.54, 1.807) is 0 Å². The number of carbonyl (C=O) groups is 1. The standard InChI is InChI=1S/C9H8ClFO2/c1-9(13,5-12)7-4-6(11)2-3-8(7)10/h2-5,13H,1H3. The van der Waals surface area contributed by atoms with Crippen LogP contribution in [0.3, 0.4) is 0 Å². The Morgan fingerprint density at radius 3 is 2.77 bits per heavy atom. The third kappa shape index (κ3) is 2.05. The zero-order chi connectivity index (χ0) is 10.1. The second kappa shape index (κ2) is 3.44. The fourth-order valence-electron chi connectivity index (χ4n) is 0.949.